The Morgan fingerprint density at radius 2 is 1.26 bits per heavy atom. The van der Waals surface area contributed by atoms with Crippen LogP contribution in [0.5, 0.6) is 5.75 Å². The molecule has 3 heteroatoms. The second kappa shape index (κ2) is 7.74. The molecule has 0 saturated carbocycles. The summed E-state index contributed by atoms with van der Waals surface area (Å²) in [6.45, 7) is 0. The van der Waals surface area contributed by atoms with Crippen LogP contribution in [-0.4, -0.2) is 7.11 Å². The summed E-state index contributed by atoms with van der Waals surface area (Å²) < 4.78 is 20.2. The summed E-state index contributed by atoms with van der Waals surface area (Å²) >= 11 is 0. The van der Waals surface area contributed by atoms with E-state index in [1.165, 1.54) is 11.1 Å². The summed E-state index contributed by atoms with van der Waals surface area (Å²) in [5, 5.41) is 0. The fourth-order valence-corrected chi connectivity index (χ4v) is 8.67. The zero-order chi connectivity index (χ0) is 18.7. The SMILES string of the molecule is COc1ccccc1CP1(=O)[C@H](c2ccccc2)CC[C@H]1c1ccccc1. The minimum Gasteiger partial charge on any atom is -0.496 e. The van der Waals surface area contributed by atoms with E-state index in [1.807, 2.05) is 30.3 Å². The molecule has 1 fully saturated rings. The van der Waals surface area contributed by atoms with Gasteiger partial charge in [0, 0.05) is 23.0 Å². The molecule has 0 bridgehead atoms. The highest BCUT2D eigenvalue weighted by atomic mass is 31.2. The van der Waals surface area contributed by atoms with Gasteiger partial charge in [-0.1, -0.05) is 78.9 Å². The molecule has 0 aliphatic carbocycles. The Hall–Kier alpha value is -2.31. The fraction of sp³-hybridized carbons (Fsp3) is 0.250. The van der Waals surface area contributed by atoms with Gasteiger partial charge in [0.05, 0.1) is 7.11 Å². The van der Waals surface area contributed by atoms with Crippen LogP contribution in [0.2, 0.25) is 0 Å². The molecule has 138 valence electrons. The molecule has 2 nitrogen and oxygen atoms in total. The van der Waals surface area contributed by atoms with Crippen LogP contribution in [0.25, 0.3) is 0 Å². The third-order valence-electron chi connectivity index (χ3n) is 5.75. The van der Waals surface area contributed by atoms with Crippen molar-refractivity contribution in [2.75, 3.05) is 7.11 Å². The molecule has 0 spiro atoms. The highest BCUT2D eigenvalue weighted by molar-refractivity contribution is 7.64. The lowest BCUT2D eigenvalue weighted by atomic mass is 10.0. The minimum absolute atomic E-state index is 0.105. The van der Waals surface area contributed by atoms with Gasteiger partial charge < -0.3 is 9.30 Å². The van der Waals surface area contributed by atoms with E-state index in [9.17, 15) is 4.57 Å². The van der Waals surface area contributed by atoms with Crippen LogP contribution in [0.4, 0.5) is 0 Å². The molecule has 1 aliphatic heterocycles. The molecule has 1 aliphatic rings. The monoisotopic (exact) mass is 376 g/mol. The van der Waals surface area contributed by atoms with Crippen molar-refractivity contribution in [2.45, 2.75) is 30.3 Å². The van der Waals surface area contributed by atoms with Gasteiger partial charge in [0.2, 0.25) is 0 Å². The highest BCUT2D eigenvalue weighted by Gasteiger charge is 2.47. The molecule has 3 aromatic carbocycles. The second-order valence-corrected chi connectivity index (χ2v) is 10.5. The quantitative estimate of drug-likeness (QED) is 0.456. The van der Waals surface area contributed by atoms with Gasteiger partial charge >= 0.3 is 0 Å². The number of rotatable bonds is 5. The van der Waals surface area contributed by atoms with Gasteiger partial charge in [0.1, 0.15) is 12.9 Å². The van der Waals surface area contributed by atoms with E-state index in [1.54, 1.807) is 7.11 Å². The topological polar surface area (TPSA) is 26.3 Å². The van der Waals surface area contributed by atoms with Crippen LogP contribution < -0.4 is 4.74 Å². The van der Waals surface area contributed by atoms with Gasteiger partial charge in [0.25, 0.3) is 0 Å². The summed E-state index contributed by atoms with van der Waals surface area (Å²) in [6.07, 6.45) is 2.52. The molecule has 0 N–H and O–H groups in total. The first-order valence-electron chi connectivity index (χ1n) is 9.52. The molecule has 1 saturated heterocycles. The largest absolute Gasteiger partial charge is 0.496 e. The van der Waals surface area contributed by atoms with Crippen LogP contribution in [0, 0.1) is 0 Å². The van der Waals surface area contributed by atoms with Gasteiger partial charge in [0.15, 0.2) is 0 Å². The number of hydrogen-bond acceptors (Lipinski definition) is 2. The van der Waals surface area contributed by atoms with Crippen molar-refractivity contribution in [2.24, 2.45) is 0 Å². The standard InChI is InChI=1S/C24H25O2P/c1-26-22-15-9-8-14-21(22)18-27(25)23(19-10-4-2-5-11-19)16-17-24(27)20-12-6-3-7-13-20/h2-15,23-24H,16-18H2,1H3/t23-,24-/m0/s1. The Labute approximate surface area is 161 Å². The molecule has 0 radical (unpaired) electrons. The lowest BCUT2D eigenvalue weighted by molar-refractivity contribution is 0.411. The third kappa shape index (κ3) is 3.47. The van der Waals surface area contributed by atoms with Gasteiger partial charge in [-0.3, -0.25) is 0 Å². The van der Waals surface area contributed by atoms with Crippen molar-refractivity contribution >= 4 is 7.14 Å². The Kier molecular flexibility index (Phi) is 5.18. The Morgan fingerprint density at radius 1 is 0.778 bits per heavy atom. The third-order valence-corrected chi connectivity index (χ3v) is 9.81. The zero-order valence-electron chi connectivity index (χ0n) is 15.6. The molecule has 0 unspecified atom stereocenters. The highest BCUT2D eigenvalue weighted by Crippen LogP contribution is 2.78. The molecular formula is C24H25O2P. The van der Waals surface area contributed by atoms with E-state index in [0.717, 1.165) is 24.2 Å². The lowest BCUT2D eigenvalue weighted by Crippen LogP contribution is -2.03. The summed E-state index contributed by atoms with van der Waals surface area (Å²) in [4.78, 5) is 0. The summed E-state index contributed by atoms with van der Waals surface area (Å²) in [6, 6.07) is 28.8. The maximum absolute atomic E-state index is 14.7. The number of methoxy groups -OCH3 is 1. The van der Waals surface area contributed by atoms with Crippen molar-refractivity contribution < 1.29 is 9.30 Å². The van der Waals surface area contributed by atoms with Gasteiger partial charge in [-0.15, -0.1) is 0 Å². The Bertz CT molecular complexity index is 885. The first-order valence-corrected chi connectivity index (χ1v) is 11.6. The van der Waals surface area contributed by atoms with E-state index >= 15 is 0 Å². The molecule has 27 heavy (non-hydrogen) atoms. The van der Waals surface area contributed by atoms with Crippen LogP contribution in [0.1, 0.15) is 40.8 Å². The Morgan fingerprint density at radius 3 is 1.78 bits per heavy atom. The zero-order valence-corrected chi connectivity index (χ0v) is 16.5. The normalized spacial score (nSPS) is 21.1. The first kappa shape index (κ1) is 18.1. The molecule has 1 heterocycles. The summed E-state index contributed by atoms with van der Waals surface area (Å²) in [5.41, 5.74) is 3.66. The predicted octanol–water partition coefficient (Wildman–Crippen LogP) is 6.83. The number of benzene rings is 3. The average Bonchev–Trinajstić information content (AvgIpc) is 3.06. The van der Waals surface area contributed by atoms with Crippen molar-refractivity contribution in [3.63, 3.8) is 0 Å². The van der Waals surface area contributed by atoms with Gasteiger partial charge in [-0.2, -0.15) is 0 Å². The van der Waals surface area contributed by atoms with Crippen molar-refractivity contribution in [3.05, 3.63) is 102 Å². The smallest absolute Gasteiger partial charge is 0.122 e. The van der Waals surface area contributed by atoms with Crippen LogP contribution in [0.3, 0.4) is 0 Å². The Balaban J connectivity index is 1.79. The first-order chi connectivity index (χ1) is 13.2. The number of ether oxygens (including phenoxy) is 1. The van der Waals surface area contributed by atoms with Gasteiger partial charge in [-0.05, 0) is 30.0 Å². The van der Waals surface area contributed by atoms with Crippen molar-refractivity contribution in [1.29, 1.82) is 0 Å². The maximum Gasteiger partial charge on any atom is 0.122 e. The van der Waals surface area contributed by atoms with Crippen LogP contribution in [-0.2, 0) is 10.7 Å². The summed E-state index contributed by atoms with van der Waals surface area (Å²) in [7, 11) is -0.889. The van der Waals surface area contributed by atoms with E-state index in [-0.39, 0.29) is 11.3 Å². The van der Waals surface area contributed by atoms with Gasteiger partial charge in [-0.25, -0.2) is 0 Å². The van der Waals surface area contributed by atoms with Crippen LogP contribution >= 0.6 is 7.14 Å². The number of hydrogen-bond donors (Lipinski definition) is 0. The number of para-hydroxylation sites is 1. The second-order valence-electron chi connectivity index (χ2n) is 7.25. The molecular weight excluding hydrogens is 351 g/mol. The molecule has 4 rings (SSSR count). The summed E-state index contributed by atoms with van der Waals surface area (Å²) in [5.74, 6) is 0.832. The minimum atomic E-state index is -2.58. The fourth-order valence-electron chi connectivity index (χ4n) is 4.48. The van der Waals surface area contributed by atoms with E-state index in [4.69, 9.17) is 4.74 Å². The molecule has 2 atom stereocenters. The molecule has 0 amide bonds. The van der Waals surface area contributed by atoms with Crippen molar-refractivity contribution in [3.8, 4) is 5.75 Å². The lowest BCUT2D eigenvalue weighted by Gasteiger charge is -2.27. The predicted molar refractivity (Wildman–Crippen MR) is 112 cm³/mol. The van der Waals surface area contributed by atoms with Crippen molar-refractivity contribution in [1.82, 2.24) is 0 Å². The van der Waals surface area contributed by atoms with E-state index in [2.05, 4.69) is 54.6 Å². The molecule has 0 aromatic heterocycles. The maximum atomic E-state index is 14.7. The van der Waals surface area contributed by atoms with E-state index in [0.29, 0.717) is 6.16 Å². The van der Waals surface area contributed by atoms with E-state index < -0.39 is 7.14 Å². The van der Waals surface area contributed by atoms with Crippen LogP contribution in [0.15, 0.2) is 84.9 Å². The molecule has 3 aromatic rings. The average molecular weight is 376 g/mol.